The molecule has 1 saturated heterocycles. The second-order valence-electron chi connectivity index (χ2n) is 8.38. The molecule has 2 aliphatic heterocycles. The number of anilines is 1. The van der Waals surface area contributed by atoms with E-state index in [4.69, 9.17) is 14.7 Å². The third-order valence-corrected chi connectivity index (χ3v) is 5.84. The van der Waals surface area contributed by atoms with Gasteiger partial charge in [0.1, 0.15) is 37.6 Å². The van der Waals surface area contributed by atoms with Crippen molar-refractivity contribution in [2.24, 2.45) is 4.99 Å². The van der Waals surface area contributed by atoms with E-state index in [1.807, 2.05) is 12.1 Å². The van der Waals surface area contributed by atoms with Crippen LogP contribution in [0.5, 0.6) is 5.88 Å². The Labute approximate surface area is 200 Å². The molecule has 1 fully saturated rings. The molecule has 4 heterocycles. The molecule has 0 radical (unpaired) electrons. The highest BCUT2D eigenvalue weighted by atomic mass is 16.6. The SMILES string of the molecule is C[C@H]1O[C@@H](n2c(NCC3=NCN(C)N3)nc3c(OCc4ccc(C#N)cc4)ncnc32)[C@H](O)[C@@H]1O. The third-order valence-electron chi connectivity index (χ3n) is 5.84. The average Bonchev–Trinajstić information content (AvgIpc) is 3.53. The fraction of sp³-hybridized carbons (Fsp3) is 0.409. The number of hydrogen-bond acceptors (Lipinski definition) is 12. The first-order chi connectivity index (χ1) is 16.9. The Balaban J connectivity index is 1.47. The number of amidine groups is 1. The fourth-order valence-corrected chi connectivity index (χ4v) is 3.97. The van der Waals surface area contributed by atoms with E-state index in [-0.39, 0.29) is 12.5 Å². The highest BCUT2D eigenvalue weighted by Gasteiger charge is 2.43. The standard InChI is InChI=1S/C22H25N9O4/c1-12-17(32)18(33)21(35-12)31-19-16(28-22(31)24-8-15-27-11-30(2)29-15)20(26-10-25-19)34-9-14-5-3-13(7-23)4-6-14/h3-6,10,12,17-18,21,32-33H,8-9,11H2,1-2H3,(H,24,28)(H,27,29)/t12-,17-,18-,21-/m1/s1. The quantitative estimate of drug-likeness (QED) is 0.364. The maximum atomic E-state index is 10.7. The number of aliphatic imine (C=N–C) groups is 1. The lowest BCUT2D eigenvalue weighted by Gasteiger charge is -2.19. The van der Waals surface area contributed by atoms with Gasteiger partial charge < -0.3 is 30.4 Å². The Morgan fingerprint density at radius 3 is 2.71 bits per heavy atom. The number of hydrazine groups is 1. The van der Waals surface area contributed by atoms with E-state index in [0.29, 0.717) is 35.9 Å². The van der Waals surface area contributed by atoms with E-state index in [2.05, 4.69) is 36.8 Å². The van der Waals surface area contributed by atoms with Gasteiger partial charge in [0.25, 0.3) is 0 Å². The molecule has 0 spiro atoms. The van der Waals surface area contributed by atoms with Gasteiger partial charge in [-0.2, -0.15) is 10.2 Å². The number of fused-ring (bicyclic) bond motifs is 1. The van der Waals surface area contributed by atoms with Crippen molar-refractivity contribution in [2.75, 3.05) is 25.6 Å². The van der Waals surface area contributed by atoms with Crippen LogP contribution >= 0.6 is 0 Å². The number of nitrogens with zero attached hydrogens (tertiary/aromatic N) is 7. The van der Waals surface area contributed by atoms with Crippen LogP contribution in [0.15, 0.2) is 35.6 Å². The molecular weight excluding hydrogens is 454 g/mol. The van der Waals surface area contributed by atoms with E-state index < -0.39 is 24.5 Å². The van der Waals surface area contributed by atoms with Crippen molar-refractivity contribution < 1.29 is 19.7 Å². The van der Waals surface area contributed by atoms with Gasteiger partial charge in [-0.1, -0.05) is 12.1 Å². The summed E-state index contributed by atoms with van der Waals surface area (Å²) in [6, 6.07) is 9.13. The molecule has 5 rings (SSSR count). The Morgan fingerprint density at radius 1 is 1.26 bits per heavy atom. The summed E-state index contributed by atoms with van der Waals surface area (Å²) in [5, 5.41) is 35.0. The summed E-state index contributed by atoms with van der Waals surface area (Å²) >= 11 is 0. The molecule has 0 saturated carbocycles. The molecule has 13 heteroatoms. The van der Waals surface area contributed by atoms with Gasteiger partial charge in [-0.3, -0.25) is 9.56 Å². The number of aliphatic hydroxyl groups excluding tert-OH is 2. The predicted octanol–water partition coefficient (Wildman–Crippen LogP) is 0.134. The zero-order valence-corrected chi connectivity index (χ0v) is 19.2. The lowest BCUT2D eigenvalue weighted by atomic mass is 10.1. The van der Waals surface area contributed by atoms with Crippen molar-refractivity contribution in [2.45, 2.75) is 38.1 Å². The summed E-state index contributed by atoms with van der Waals surface area (Å²) in [5.74, 6) is 1.32. The number of benzene rings is 1. The minimum atomic E-state index is -1.19. The van der Waals surface area contributed by atoms with Gasteiger partial charge in [0.2, 0.25) is 11.8 Å². The van der Waals surface area contributed by atoms with Crippen molar-refractivity contribution in [3.63, 3.8) is 0 Å². The first kappa shape index (κ1) is 22.9. The lowest BCUT2D eigenvalue weighted by molar-refractivity contribution is -0.0286. The number of aromatic nitrogens is 4. The third kappa shape index (κ3) is 4.47. The predicted molar refractivity (Wildman–Crippen MR) is 124 cm³/mol. The summed E-state index contributed by atoms with van der Waals surface area (Å²) in [6.07, 6.45) is -2.40. The van der Waals surface area contributed by atoms with Gasteiger partial charge in [0.15, 0.2) is 17.4 Å². The van der Waals surface area contributed by atoms with Crippen LogP contribution in [0.4, 0.5) is 5.95 Å². The minimum Gasteiger partial charge on any atom is -0.471 e. The molecule has 182 valence electrons. The number of hydrogen-bond donors (Lipinski definition) is 4. The number of nitrogens with one attached hydrogen (secondary N) is 2. The highest BCUT2D eigenvalue weighted by molar-refractivity contribution is 5.87. The van der Waals surface area contributed by atoms with Gasteiger partial charge in [0, 0.05) is 7.05 Å². The maximum absolute atomic E-state index is 10.7. The van der Waals surface area contributed by atoms with E-state index in [1.165, 1.54) is 6.33 Å². The van der Waals surface area contributed by atoms with Crippen molar-refractivity contribution in [3.05, 3.63) is 41.7 Å². The second kappa shape index (κ2) is 9.43. The average molecular weight is 480 g/mol. The number of ether oxygens (including phenoxy) is 2. The van der Waals surface area contributed by atoms with Crippen LogP contribution < -0.4 is 15.5 Å². The summed E-state index contributed by atoms with van der Waals surface area (Å²) in [4.78, 5) is 17.7. The number of imidazole rings is 1. The summed E-state index contributed by atoms with van der Waals surface area (Å²) < 4.78 is 13.4. The molecule has 4 atom stereocenters. The molecule has 0 unspecified atom stereocenters. The van der Waals surface area contributed by atoms with Crippen LogP contribution in [0.3, 0.4) is 0 Å². The van der Waals surface area contributed by atoms with Crippen LogP contribution in [-0.2, 0) is 11.3 Å². The topological polar surface area (TPSA) is 166 Å². The largest absolute Gasteiger partial charge is 0.471 e. The van der Waals surface area contributed by atoms with Crippen LogP contribution in [-0.4, -0.2) is 79.1 Å². The lowest BCUT2D eigenvalue weighted by Crippen LogP contribution is -2.36. The maximum Gasteiger partial charge on any atom is 0.245 e. The summed E-state index contributed by atoms with van der Waals surface area (Å²) in [5.41, 5.74) is 5.28. The van der Waals surface area contributed by atoms with Crippen LogP contribution in [0, 0.1) is 11.3 Å². The zero-order chi connectivity index (χ0) is 24.5. The molecule has 35 heavy (non-hydrogen) atoms. The van der Waals surface area contributed by atoms with E-state index in [9.17, 15) is 10.2 Å². The van der Waals surface area contributed by atoms with Crippen LogP contribution in [0.1, 0.15) is 24.3 Å². The molecule has 13 nitrogen and oxygen atoms in total. The molecular formula is C22H25N9O4. The van der Waals surface area contributed by atoms with Gasteiger partial charge in [-0.05, 0) is 24.6 Å². The van der Waals surface area contributed by atoms with Crippen LogP contribution in [0.25, 0.3) is 11.2 Å². The first-order valence-corrected chi connectivity index (χ1v) is 11.1. The molecule has 2 aliphatic rings. The molecule has 2 aromatic heterocycles. The smallest absolute Gasteiger partial charge is 0.245 e. The number of aliphatic hydroxyl groups is 2. The first-order valence-electron chi connectivity index (χ1n) is 11.1. The van der Waals surface area contributed by atoms with Crippen molar-refractivity contribution >= 4 is 22.9 Å². The fourth-order valence-electron chi connectivity index (χ4n) is 3.97. The van der Waals surface area contributed by atoms with Crippen molar-refractivity contribution in [1.82, 2.24) is 30.0 Å². The molecule has 0 bridgehead atoms. The van der Waals surface area contributed by atoms with E-state index in [0.717, 1.165) is 11.4 Å². The molecule has 0 aliphatic carbocycles. The van der Waals surface area contributed by atoms with Gasteiger partial charge in [-0.25, -0.2) is 15.0 Å². The van der Waals surface area contributed by atoms with E-state index in [1.54, 1.807) is 35.8 Å². The Hall–Kier alpha value is -3.83. The normalized spacial score (nSPS) is 24.3. The minimum absolute atomic E-state index is 0.207. The highest BCUT2D eigenvalue weighted by Crippen LogP contribution is 2.35. The van der Waals surface area contributed by atoms with Crippen molar-refractivity contribution in [1.29, 1.82) is 5.26 Å². The monoisotopic (exact) mass is 479 g/mol. The van der Waals surface area contributed by atoms with Crippen molar-refractivity contribution in [3.8, 4) is 11.9 Å². The second-order valence-corrected chi connectivity index (χ2v) is 8.38. The molecule has 0 amide bonds. The van der Waals surface area contributed by atoms with Gasteiger partial charge in [0.05, 0.1) is 24.3 Å². The number of rotatable bonds is 7. The Morgan fingerprint density at radius 2 is 2.06 bits per heavy atom. The Bertz CT molecular complexity index is 1290. The summed E-state index contributed by atoms with van der Waals surface area (Å²) in [6.45, 7) is 2.76. The Kier molecular flexibility index (Phi) is 6.18. The van der Waals surface area contributed by atoms with Crippen LogP contribution in [0.2, 0.25) is 0 Å². The van der Waals surface area contributed by atoms with Gasteiger partial charge in [-0.15, -0.1) is 0 Å². The van der Waals surface area contributed by atoms with Gasteiger partial charge >= 0.3 is 0 Å². The van der Waals surface area contributed by atoms with E-state index >= 15 is 0 Å². The zero-order valence-electron chi connectivity index (χ0n) is 19.2. The molecule has 3 aromatic rings. The number of nitriles is 1. The summed E-state index contributed by atoms with van der Waals surface area (Å²) in [7, 11) is 1.88. The molecule has 4 N–H and O–H groups in total. The molecule has 1 aromatic carbocycles.